The van der Waals surface area contributed by atoms with E-state index < -0.39 is 0 Å². The highest BCUT2D eigenvalue weighted by Gasteiger charge is 2.36. The van der Waals surface area contributed by atoms with Gasteiger partial charge in [0.05, 0.1) is 6.04 Å². The van der Waals surface area contributed by atoms with E-state index in [0.717, 1.165) is 18.7 Å². The Morgan fingerprint density at radius 1 is 1.15 bits per heavy atom. The molecule has 0 aromatic heterocycles. The lowest BCUT2D eigenvalue weighted by Crippen LogP contribution is -2.44. The molecule has 1 unspecified atom stereocenters. The van der Waals surface area contributed by atoms with Crippen LogP contribution in [0.15, 0.2) is 54.6 Å². The Morgan fingerprint density at radius 3 is 2.54 bits per heavy atom. The number of rotatable bonds is 6. The summed E-state index contributed by atoms with van der Waals surface area (Å²) < 4.78 is 0. The first-order chi connectivity index (χ1) is 12.6. The summed E-state index contributed by atoms with van der Waals surface area (Å²) in [6, 6.07) is 18.5. The van der Waals surface area contributed by atoms with Crippen LogP contribution in [0.25, 0.3) is 0 Å². The molecule has 3 rings (SSSR count). The lowest BCUT2D eigenvalue weighted by molar-refractivity contribution is -0.125. The Morgan fingerprint density at radius 2 is 1.85 bits per heavy atom. The topological polar surface area (TPSA) is 58.4 Å². The van der Waals surface area contributed by atoms with Gasteiger partial charge >= 0.3 is 0 Å². The van der Waals surface area contributed by atoms with Gasteiger partial charge in [0.15, 0.2) is 0 Å². The van der Waals surface area contributed by atoms with Gasteiger partial charge in [-0.25, -0.2) is 0 Å². The first-order valence-corrected chi connectivity index (χ1v) is 9.41. The van der Waals surface area contributed by atoms with Crippen LogP contribution < -0.4 is 11.1 Å². The minimum absolute atomic E-state index is 0.0812. The molecule has 1 aliphatic rings. The van der Waals surface area contributed by atoms with Gasteiger partial charge in [-0.3, -0.25) is 9.69 Å². The zero-order chi connectivity index (χ0) is 18.5. The Bertz CT molecular complexity index is 731. The molecule has 1 aliphatic heterocycles. The van der Waals surface area contributed by atoms with Crippen molar-refractivity contribution in [3.8, 4) is 0 Å². The van der Waals surface area contributed by atoms with E-state index in [1.165, 1.54) is 11.1 Å². The number of amides is 1. The summed E-state index contributed by atoms with van der Waals surface area (Å²) in [6.07, 6.45) is 0. The summed E-state index contributed by atoms with van der Waals surface area (Å²) in [5, 5.41) is 3.09. The molecule has 4 heteroatoms. The maximum atomic E-state index is 12.7. The van der Waals surface area contributed by atoms with Gasteiger partial charge in [-0.2, -0.15) is 0 Å². The van der Waals surface area contributed by atoms with Crippen LogP contribution in [0.3, 0.4) is 0 Å². The molecule has 1 fully saturated rings. The fourth-order valence-corrected chi connectivity index (χ4v) is 3.84. The monoisotopic (exact) mass is 351 g/mol. The molecule has 0 saturated carbocycles. The van der Waals surface area contributed by atoms with Crippen LogP contribution in [0.2, 0.25) is 0 Å². The summed E-state index contributed by atoms with van der Waals surface area (Å²) in [7, 11) is 0. The molecular formula is C22H29N3O. The van der Waals surface area contributed by atoms with E-state index in [2.05, 4.69) is 53.5 Å². The van der Waals surface area contributed by atoms with E-state index in [0.29, 0.717) is 24.9 Å². The van der Waals surface area contributed by atoms with Crippen molar-refractivity contribution in [2.75, 3.05) is 19.6 Å². The number of nitrogens with two attached hydrogens (primary N) is 1. The number of carbonyl (C=O) groups excluding carboxylic acids is 1. The Balaban J connectivity index is 1.61. The molecule has 0 radical (unpaired) electrons. The highest BCUT2D eigenvalue weighted by Crippen LogP contribution is 2.33. The third kappa shape index (κ3) is 4.14. The Hall–Kier alpha value is -2.17. The van der Waals surface area contributed by atoms with Crippen molar-refractivity contribution in [2.45, 2.75) is 32.4 Å². The van der Waals surface area contributed by atoms with Crippen LogP contribution in [-0.4, -0.2) is 36.5 Å². The van der Waals surface area contributed by atoms with Gasteiger partial charge in [-0.05, 0) is 43.0 Å². The number of likely N-dealkylation sites (tertiary alicyclic amines) is 1. The summed E-state index contributed by atoms with van der Waals surface area (Å²) in [5.41, 5.74) is 9.71. The molecule has 0 aliphatic carbocycles. The second-order valence-corrected chi connectivity index (χ2v) is 7.29. The van der Waals surface area contributed by atoms with E-state index in [1.54, 1.807) is 0 Å². The average molecular weight is 351 g/mol. The largest absolute Gasteiger partial charge is 0.351 e. The molecule has 138 valence electrons. The summed E-state index contributed by atoms with van der Waals surface area (Å²) in [5.74, 6) is 0.870. The fraction of sp³-hybridized carbons (Fsp3) is 0.409. The highest BCUT2D eigenvalue weighted by molar-refractivity contribution is 5.81. The SMILES string of the molecule is Cc1ccccc1CNC(=O)C(C)N1C[C@@H](CN)[C@H](c2ccccc2)C1. The molecule has 4 nitrogen and oxygen atoms in total. The van der Waals surface area contributed by atoms with Crippen LogP contribution in [0.4, 0.5) is 0 Å². The van der Waals surface area contributed by atoms with Crippen LogP contribution in [-0.2, 0) is 11.3 Å². The van der Waals surface area contributed by atoms with E-state index in [1.807, 2.05) is 25.1 Å². The zero-order valence-corrected chi connectivity index (χ0v) is 15.7. The van der Waals surface area contributed by atoms with Crippen molar-refractivity contribution in [2.24, 2.45) is 11.7 Å². The highest BCUT2D eigenvalue weighted by atomic mass is 16.2. The first kappa shape index (κ1) is 18.6. The summed E-state index contributed by atoms with van der Waals surface area (Å²) in [6.45, 7) is 7.04. The normalized spacial score (nSPS) is 21.5. The quantitative estimate of drug-likeness (QED) is 0.841. The molecule has 1 heterocycles. The van der Waals surface area contributed by atoms with Gasteiger partial charge in [0.25, 0.3) is 0 Å². The van der Waals surface area contributed by atoms with Crippen molar-refractivity contribution in [1.82, 2.24) is 10.2 Å². The maximum absolute atomic E-state index is 12.7. The summed E-state index contributed by atoms with van der Waals surface area (Å²) in [4.78, 5) is 14.9. The molecule has 1 amide bonds. The average Bonchev–Trinajstić information content (AvgIpc) is 3.11. The van der Waals surface area contributed by atoms with Crippen LogP contribution in [0.1, 0.15) is 29.5 Å². The maximum Gasteiger partial charge on any atom is 0.237 e. The van der Waals surface area contributed by atoms with Gasteiger partial charge in [0, 0.05) is 25.6 Å². The number of nitrogens with one attached hydrogen (secondary N) is 1. The number of benzene rings is 2. The second kappa shape index (κ2) is 8.47. The van der Waals surface area contributed by atoms with Crippen molar-refractivity contribution in [3.05, 3.63) is 71.3 Å². The molecule has 0 spiro atoms. The van der Waals surface area contributed by atoms with Gasteiger partial charge in [0.1, 0.15) is 0 Å². The molecule has 2 aromatic carbocycles. The number of hydrogen-bond acceptors (Lipinski definition) is 3. The van der Waals surface area contributed by atoms with Crippen molar-refractivity contribution in [1.29, 1.82) is 0 Å². The van der Waals surface area contributed by atoms with Crippen molar-refractivity contribution >= 4 is 5.91 Å². The van der Waals surface area contributed by atoms with Gasteiger partial charge in [0.2, 0.25) is 5.91 Å². The molecule has 26 heavy (non-hydrogen) atoms. The molecule has 2 aromatic rings. The third-order valence-electron chi connectivity index (χ3n) is 5.64. The van der Waals surface area contributed by atoms with E-state index >= 15 is 0 Å². The molecule has 3 atom stereocenters. The van der Waals surface area contributed by atoms with E-state index in [-0.39, 0.29) is 11.9 Å². The number of aryl methyl sites for hydroxylation is 1. The molecule has 0 bridgehead atoms. The Kier molecular flexibility index (Phi) is 6.07. The van der Waals surface area contributed by atoms with Crippen LogP contribution in [0.5, 0.6) is 0 Å². The molecule has 1 saturated heterocycles. The Labute approximate surface area is 156 Å². The zero-order valence-electron chi connectivity index (χ0n) is 15.7. The predicted octanol–water partition coefficient (Wildman–Crippen LogP) is 2.67. The van der Waals surface area contributed by atoms with Crippen LogP contribution >= 0.6 is 0 Å². The van der Waals surface area contributed by atoms with Crippen molar-refractivity contribution in [3.63, 3.8) is 0 Å². The standard InChI is InChI=1S/C22H29N3O/c1-16-8-6-7-11-19(16)13-24-22(26)17(2)25-14-20(12-23)21(15-25)18-9-4-3-5-10-18/h3-11,17,20-21H,12-15,23H2,1-2H3,(H,24,26)/t17?,20-,21+/m1/s1. The second-order valence-electron chi connectivity index (χ2n) is 7.29. The van der Waals surface area contributed by atoms with E-state index in [4.69, 9.17) is 5.73 Å². The number of carbonyl (C=O) groups is 1. The molecular weight excluding hydrogens is 322 g/mol. The van der Waals surface area contributed by atoms with Crippen molar-refractivity contribution < 1.29 is 4.79 Å². The first-order valence-electron chi connectivity index (χ1n) is 9.41. The smallest absolute Gasteiger partial charge is 0.237 e. The predicted molar refractivity (Wildman–Crippen MR) is 106 cm³/mol. The van der Waals surface area contributed by atoms with Gasteiger partial charge in [-0.1, -0.05) is 54.6 Å². The minimum Gasteiger partial charge on any atom is -0.351 e. The summed E-state index contributed by atoms with van der Waals surface area (Å²) >= 11 is 0. The van der Waals surface area contributed by atoms with Crippen LogP contribution in [0, 0.1) is 12.8 Å². The minimum atomic E-state index is -0.151. The number of nitrogens with zero attached hydrogens (tertiary/aromatic N) is 1. The van der Waals surface area contributed by atoms with Gasteiger partial charge < -0.3 is 11.1 Å². The molecule has 3 N–H and O–H groups in total. The third-order valence-corrected chi connectivity index (χ3v) is 5.64. The van der Waals surface area contributed by atoms with Gasteiger partial charge in [-0.15, -0.1) is 0 Å². The lowest BCUT2D eigenvalue weighted by Gasteiger charge is -2.24. The number of hydrogen-bond donors (Lipinski definition) is 2. The van der Waals surface area contributed by atoms with E-state index in [9.17, 15) is 4.79 Å². The fourth-order valence-electron chi connectivity index (χ4n) is 3.84. The lowest BCUT2D eigenvalue weighted by atomic mass is 9.89.